The molecule has 0 aromatic heterocycles. The van der Waals surface area contributed by atoms with E-state index in [1.165, 1.54) is 11.1 Å². The molecule has 29 heavy (non-hydrogen) atoms. The summed E-state index contributed by atoms with van der Waals surface area (Å²) in [4.78, 5) is 18.4. The van der Waals surface area contributed by atoms with Crippen molar-refractivity contribution in [3.63, 3.8) is 0 Å². The molecule has 0 saturated carbocycles. The molecule has 1 aliphatic rings. The van der Waals surface area contributed by atoms with Gasteiger partial charge in [0, 0.05) is 32.6 Å². The summed E-state index contributed by atoms with van der Waals surface area (Å²) >= 11 is 0. The van der Waals surface area contributed by atoms with E-state index >= 15 is 0 Å². The van der Waals surface area contributed by atoms with Gasteiger partial charge in [0.05, 0.1) is 6.54 Å². The molecule has 0 aliphatic carbocycles. The number of carbonyl (C=O) groups excluding carboxylic acids is 1. The van der Waals surface area contributed by atoms with Gasteiger partial charge < -0.3 is 15.5 Å². The van der Waals surface area contributed by atoms with E-state index < -0.39 is 0 Å². The first-order valence-electron chi connectivity index (χ1n) is 10.2. The highest BCUT2D eigenvalue weighted by Crippen LogP contribution is 2.15. The number of halogens is 1. The highest BCUT2D eigenvalue weighted by atomic mass is 127. The summed E-state index contributed by atoms with van der Waals surface area (Å²) in [6.45, 7) is 5.97. The third kappa shape index (κ3) is 7.68. The Bertz CT molecular complexity index is 777. The molecule has 1 aliphatic heterocycles. The fourth-order valence-electron chi connectivity index (χ4n) is 3.32. The maximum atomic E-state index is 11.8. The lowest BCUT2D eigenvalue weighted by Gasteiger charge is -2.15. The van der Waals surface area contributed by atoms with E-state index in [1.54, 1.807) is 0 Å². The minimum atomic E-state index is 0. The molecule has 5 nitrogen and oxygen atoms in total. The van der Waals surface area contributed by atoms with Crippen molar-refractivity contribution in [1.82, 2.24) is 15.5 Å². The molecule has 1 amide bonds. The predicted octanol–water partition coefficient (Wildman–Crippen LogP) is 3.72. The third-order valence-corrected chi connectivity index (χ3v) is 4.88. The summed E-state index contributed by atoms with van der Waals surface area (Å²) in [6.07, 6.45) is 2.64. The number of nitrogens with one attached hydrogen (secondary N) is 2. The molecule has 0 unspecified atom stereocenters. The van der Waals surface area contributed by atoms with Gasteiger partial charge in [-0.25, -0.2) is 4.99 Å². The zero-order valence-electron chi connectivity index (χ0n) is 17.1. The zero-order chi connectivity index (χ0) is 19.6. The maximum Gasteiger partial charge on any atom is 0.222 e. The number of likely N-dealkylation sites (tertiary alicyclic amines) is 1. The van der Waals surface area contributed by atoms with Crippen molar-refractivity contribution >= 4 is 35.8 Å². The summed E-state index contributed by atoms with van der Waals surface area (Å²) in [5.74, 6) is 1.11. The number of guanidine groups is 1. The number of carbonyl (C=O) groups is 1. The van der Waals surface area contributed by atoms with Crippen molar-refractivity contribution in [3.8, 4) is 0 Å². The SMILES string of the molecule is CCNC(=NCc1ccc(CN2CCCC2=O)cc1)NCCc1ccccc1.I. The number of hydrogen-bond donors (Lipinski definition) is 2. The second-order valence-electron chi connectivity index (χ2n) is 7.09. The molecule has 2 aromatic carbocycles. The molecule has 0 spiro atoms. The number of nitrogens with zero attached hydrogens (tertiary/aromatic N) is 2. The van der Waals surface area contributed by atoms with Gasteiger partial charge in [-0.15, -0.1) is 24.0 Å². The van der Waals surface area contributed by atoms with Crippen molar-refractivity contribution in [2.45, 2.75) is 39.3 Å². The summed E-state index contributed by atoms with van der Waals surface area (Å²) in [5, 5.41) is 6.70. The molecule has 2 aromatic rings. The minimum Gasteiger partial charge on any atom is -0.357 e. The second kappa shape index (κ2) is 12.5. The lowest BCUT2D eigenvalue weighted by molar-refractivity contribution is -0.128. The Hall–Kier alpha value is -2.09. The average Bonchev–Trinajstić information content (AvgIpc) is 3.12. The summed E-state index contributed by atoms with van der Waals surface area (Å²) < 4.78 is 0. The first kappa shape index (κ1) is 23.2. The Balaban J connectivity index is 0.00000300. The van der Waals surface area contributed by atoms with Crippen LogP contribution in [0.5, 0.6) is 0 Å². The molecule has 0 atom stereocenters. The van der Waals surface area contributed by atoms with Gasteiger partial charge in [-0.1, -0.05) is 54.6 Å². The van der Waals surface area contributed by atoms with Crippen LogP contribution in [-0.2, 0) is 24.3 Å². The standard InChI is InChI=1S/C23H30N4O.HI/c1-2-24-23(25-15-14-19-7-4-3-5-8-19)26-17-20-10-12-21(13-11-20)18-27-16-6-9-22(27)28;/h3-5,7-8,10-13H,2,6,9,14-18H2,1H3,(H2,24,25,26);1H. The highest BCUT2D eigenvalue weighted by Gasteiger charge is 2.19. The Kier molecular flexibility index (Phi) is 9.97. The van der Waals surface area contributed by atoms with Crippen molar-refractivity contribution in [1.29, 1.82) is 0 Å². The van der Waals surface area contributed by atoms with Crippen LogP contribution < -0.4 is 10.6 Å². The fourth-order valence-corrected chi connectivity index (χ4v) is 3.32. The topological polar surface area (TPSA) is 56.7 Å². The van der Waals surface area contributed by atoms with Crippen molar-refractivity contribution < 1.29 is 4.79 Å². The summed E-state index contributed by atoms with van der Waals surface area (Å²) in [7, 11) is 0. The molecule has 0 bridgehead atoms. The summed E-state index contributed by atoms with van der Waals surface area (Å²) in [5.41, 5.74) is 3.66. The van der Waals surface area contributed by atoms with Crippen molar-refractivity contribution in [2.24, 2.45) is 4.99 Å². The van der Waals surface area contributed by atoms with E-state index in [0.717, 1.165) is 44.0 Å². The minimum absolute atomic E-state index is 0. The zero-order valence-corrected chi connectivity index (χ0v) is 19.4. The van der Waals surface area contributed by atoms with Crippen LogP contribution in [0.15, 0.2) is 59.6 Å². The number of benzene rings is 2. The molecule has 3 rings (SSSR count). The number of hydrogen-bond acceptors (Lipinski definition) is 2. The third-order valence-electron chi connectivity index (χ3n) is 4.88. The Morgan fingerprint density at radius 3 is 2.38 bits per heavy atom. The quantitative estimate of drug-likeness (QED) is 0.326. The first-order chi connectivity index (χ1) is 13.7. The molecule has 1 fully saturated rings. The predicted molar refractivity (Wildman–Crippen MR) is 129 cm³/mol. The first-order valence-corrected chi connectivity index (χ1v) is 10.2. The van der Waals surface area contributed by atoms with E-state index in [0.29, 0.717) is 19.5 Å². The molecule has 2 N–H and O–H groups in total. The molecular formula is C23H31IN4O. The van der Waals surface area contributed by atoms with Crippen LogP contribution in [0.2, 0.25) is 0 Å². The van der Waals surface area contributed by atoms with E-state index in [2.05, 4.69) is 71.1 Å². The van der Waals surface area contributed by atoms with E-state index in [-0.39, 0.29) is 29.9 Å². The van der Waals surface area contributed by atoms with Crippen molar-refractivity contribution in [3.05, 3.63) is 71.3 Å². The average molecular weight is 506 g/mol. The van der Waals surface area contributed by atoms with Crippen LogP contribution >= 0.6 is 24.0 Å². The van der Waals surface area contributed by atoms with Crippen LogP contribution in [-0.4, -0.2) is 36.4 Å². The maximum absolute atomic E-state index is 11.8. The Morgan fingerprint density at radius 1 is 1.00 bits per heavy atom. The highest BCUT2D eigenvalue weighted by molar-refractivity contribution is 14.0. The Morgan fingerprint density at radius 2 is 1.72 bits per heavy atom. The largest absolute Gasteiger partial charge is 0.357 e. The van der Waals surface area contributed by atoms with Gasteiger partial charge in [-0.2, -0.15) is 0 Å². The second-order valence-corrected chi connectivity index (χ2v) is 7.09. The van der Waals surface area contributed by atoms with Crippen LogP contribution in [0.25, 0.3) is 0 Å². The van der Waals surface area contributed by atoms with E-state index in [9.17, 15) is 4.79 Å². The molecule has 1 heterocycles. The van der Waals surface area contributed by atoms with Gasteiger partial charge in [0.1, 0.15) is 0 Å². The van der Waals surface area contributed by atoms with Crippen LogP contribution in [0.3, 0.4) is 0 Å². The lowest BCUT2D eigenvalue weighted by atomic mass is 10.1. The van der Waals surface area contributed by atoms with Crippen LogP contribution in [0.4, 0.5) is 0 Å². The van der Waals surface area contributed by atoms with E-state index in [1.807, 2.05) is 11.0 Å². The van der Waals surface area contributed by atoms with Crippen molar-refractivity contribution in [2.75, 3.05) is 19.6 Å². The van der Waals surface area contributed by atoms with Gasteiger partial charge in [-0.3, -0.25) is 4.79 Å². The smallest absolute Gasteiger partial charge is 0.222 e. The van der Waals surface area contributed by atoms with Gasteiger partial charge in [0.2, 0.25) is 5.91 Å². The normalized spacial score (nSPS) is 13.9. The molecule has 156 valence electrons. The van der Waals surface area contributed by atoms with E-state index in [4.69, 9.17) is 0 Å². The van der Waals surface area contributed by atoms with Gasteiger partial charge in [-0.05, 0) is 36.5 Å². The molecule has 0 radical (unpaired) electrons. The Labute approximate surface area is 191 Å². The van der Waals surface area contributed by atoms with Gasteiger partial charge in [0.15, 0.2) is 5.96 Å². The number of amides is 1. The summed E-state index contributed by atoms with van der Waals surface area (Å²) in [6, 6.07) is 18.9. The van der Waals surface area contributed by atoms with Crippen LogP contribution in [0.1, 0.15) is 36.5 Å². The van der Waals surface area contributed by atoms with Crippen LogP contribution in [0, 0.1) is 0 Å². The van der Waals surface area contributed by atoms with Gasteiger partial charge >= 0.3 is 0 Å². The molecule has 1 saturated heterocycles. The monoisotopic (exact) mass is 506 g/mol. The number of aliphatic imine (C=N–C) groups is 1. The van der Waals surface area contributed by atoms with Gasteiger partial charge in [0.25, 0.3) is 0 Å². The molecule has 6 heteroatoms. The molecular weight excluding hydrogens is 475 g/mol. The number of rotatable bonds is 8. The fraction of sp³-hybridized carbons (Fsp3) is 0.391. The lowest BCUT2D eigenvalue weighted by Crippen LogP contribution is -2.38.